The van der Waals surface area contributed by atoms with Gasteiger partial charge >= 0.3 is 5.97 Å². The molecule has 0 aliphatic heterocycles. The predicted octanol–water partition coefficient (Wildman–Crippen LogP) is 0.834. The monoisotopic (exact) mass is 239 g/mol. The van der Waals surface area contributed by atoms with Crippen LogP contribution in [-0.2, 0) is 9.53 Å². The van der Waals surface area contributed by atoms with E-state index in [2.05, 4.69) is 11.2 Å². The van der Waals surface area contributed by atoms with Gasteiger partial charge in [-0.3, -0.25) is 10.1 Å². The van der Waals surface area contributed by atoms with Crippen LogP contribution < -0.4 is 5.32 Å². The molecule has 0 amide bonds. The molecule has 0 aromatic rings. The first-order valence-corrected chi connectivity index (χ1v) is 6.16. The summed E-state index contributed by atoms with van der Waals surface area (Å²) in [5, 5.41) is 13.3. The van der Waals surface area contributed by atoms with Crippen LogP contribution in [0.5, 0.6) is 0 Å². The van der Waals surface area contributed by atoms with Crippen LogP contribution >= 0.6 is 0 Å². The fourth-order valence-corrected chi connectivity index (χ4v) is 2.19. The van der Waals surface area contributed by atoms with Crippen LogP contribution in [0.1, 0.15) is 39.5 Å². The highest BCUT2D eigenvalue weighted by Crippen LogP contribution is 2.28. The molecule has 0 saturated heterocycles. The van der Waals surface area contributed by atoms with Gasteiger partial charge in [0, 0.05) is 6.04 Å². The molecule has 1 aliphatic carbocycles. The maximum atomic E-state index is 11.5. The Morgan fingerprint density at radius 2 is 2.41 bits per heavy atom. The zero-order valence-electron chi connectivity index (χ0n) is 10.5. The maximum Gasteiger partial charge on any atom is 0.322 e. The van der Waals surface area contributed by atoms with Crippen molar-refractivity contribution in [3.63, 3.8) is 0 Å². The van der Waals surface area contributed by atoms with Crippen LogP contribution in [0.15, 0.2) is 0 Å². The number of aliphatic hydroxyl groups is 1. The molecule has 1 fully saturated rings. The van der Waals surface area contributed by atoms with Gasteiger partial charge in [0.1, 0.15) is 11.6 Å². The second-order valence-corrected chi connectivity index (χ2v) is 4.51. The van der Waals surface area contributed by atoms with Gasteiger partial charge in [0.05, 0.1) is 6.61 Å². The fourth-order valence-electron chi connectivity index (χ4n) is 2.19. The smallest absolute Gasteiger partial charge is 0.322 e. The molecule has 96 valence electrons. The minimum absolute atomic E-state index is 0.236. The second kappa shape index (κ2) is 6.04. The third-order valence-electron chi connectivity index (χ3n) is 3.22. The van der Waals surface area contributed by atoms with Crippen LogP contribution in [0.2, 0.25) is 0 Å². The molecule has 1 saturated carbocycles. The van der Waals surface area contributed by atoms with Gasteiger partial charge in [-0.2, -0.15) is 0 Å². The van der Waals surface area contributed by atoms with E-state index in [0.29, 0.717) is 13.0 Å². The lowest BCUT2D eigenvalue weighted by atomic mass is 9.80. The lowest BCUT2D eigenvalue weighted by Gasteiger charge is -2.37. The molecule has 0 bridgehead atoms. The highest BCUT2D eigenvalue weighted by molar-refractivity contribution is 5.75. The van der Waals surface area contributed by atoms with E-state index < -0.39 is 11.6 Å². The molecule has 17 heavy (non-hydrogen) atoms. The highest BCUT2D eigenvalue weighted by Gasteiger charge is 2.38. The summed E-state index contributed by atoms with van der Waals surface area (Å²) >= 11 is 0. The first kappa shape index (κ1) is 14.0. The Morgan fingerprint density at radius 3 is 3.00 bits per heavy atom. The van der Waals surface area contributed by atoms with E-state index in [4.69, 9.17) is 11.2 Å². The molecule has 0 unspecified atom stereocenters. The molecular weight excluding hydrogens is 218 g/mol. The van der Waals surface area contributed by atoms with E-state index >= 15 is 0 Å². The molecule has 0 aromatic carbocycles. The first-order chi connectivity index (χ1) is 8.03. The lowest BCUT2D eigenvalue weighted by molar-refractivity contribution is -0.145. The number of esters is 1. The molecule has 1 rings (SSSR count). The van der Waals surface area contributed by atoms with E-state index in [1.165, 1.54) is 0 Å². The minimum atomic E-state index is -1.14. The van der Waals surface area contributed by atoms with Crippen molar-refractivity contribution < 1.29 is 14.6 Å². The van der Waals surface area contributed by atoms with Gasteiger partial charge < -0.3 is 9.84 Å². The van der Waals surface area contributed by atoms with Crippen molar-refractivity contribution in [2.45, 2.75) is 57.2 Å². The van der Waals surface area contributed by atoms with E-state index in [-0.39, 0.29) is 12.0 Å². The summed E-state index contributed by atoms with van der Waals surface area (Å²) in [4.78, 5) is 11.5. The number of terminal acetylenes is 1. The topological polar surface area (TPSA) is 58.6 Å². The van der Waals surface area contributed by atoms with Gasteiger partial charge in [-0.05, 0) is 33.1 Å². The number of carbonyl (C=O) groups is 1. The van der Waals surface area contributed by atoms with E-state index in [0.717, 1.165) is 19.3 Å². The Hall–Kier alpha value is -1.05. The summed E-state index contributed by atoms with van der Waals surface area (Å²) in [6, 6.07) is -0.682. The third-order valence-corrected chi connectivity index (χ3v) is 3.22. The van der Waals surface area contributed by atoms with Crippen LogP contribution in [0, 0.1) is 12.3 Å². The van der Waals surface area contributed by atoms with E-state index in [9.17, 15) is 9.90 Å². The Balaban J connectivity index is 2.60. The van der Waals surface area contributed by atoms with Gasteiger partial charge in [0.2, 0.25) is 0 Å². The quantitative estimate of drug-likeness (QED) is 0.563. The highest BCUT2D eigenvalue weighted by atomic mass is 16.5. The van der Waals surface area contributed by atoms with Crippen molar-refractivity contribution >= 4 is 5.97 Å². The van der Waals surface area contributed by atoms with Crippen LogP contribution in [0.25, 0.3) is 0 Å². The average Bonchev–Trinajstić information content (AvgIpc) is 2.32. The van der Waals surface area contributed by atoms with Crippen molar-refractivity contribution in [1.82, 2.24) is 5.32 Å². The molecule has 0 heterocycles. The maximum absolute atomic E-state index is 11.5. The van der Waals surface area contributed by atoms with Crippen LogP contribution in [-0.4, -0.2) is 35.4 Å². The largest absolute Gasteiger partial charge is 0.465 e. The molecule has 2 N–H and O–H groups in total. The second-order valence-electron chi connectivity index (χ2n) is 4.51. The van der Waals surface area contributed by atoms with Crippen molar-refractivity contribution in [2.24, 2.45) is 0 Å². The number of rotatable bonds is 4. The summed E-state index contributed by atoms with van der Waals surface area (Å²) in [5.41, 5.74) is -1.14. The summed E-state index contributed by atoms with van der Waals surface area (Å²) in [6.07, 6.45) is 8.68. The van der Waals surface area contributed by atoms with Crippen LogP contribution in [0.3, 0.4) is 0 Å². The molecule has 4 heteroatoms. The number of hydrogen-bond donors (Lipinski definition) is 2. The summed E-state index contributed by atoms with van der Waals surface area (Å²) < 4.78 is 4.91. The zero-order chi connectivity index (χ0) is 12.9. The molecule has 0 spiro atoms. The summed E-state index contributed by atoms with van der Waals surface area (Å²) in [6.45, 7) is 3.85. The number of hydrogen-bond acceptors (Lipinski definition) is 4. The zero-order valence-corrected chi connectivity index (χ0v) is 10.5. The number of ether oxygens (including phenoxy) is 1. The lowest BCUT2D eigenvalue weighted by Crippen LogP contribution is -2.56. The van der Waals surface area contributed by atoms with Crippen molar-refractivity contribution in [2.75, 3.05) is 6.61 Å². The molecule has 0 radical (unpaired) electrons. The van der Waals surface area contributed by atoms with E-state index in [1.807, 2.05) is 0 Å². The van der Waals surface area contributed by atoms with Crippen molar-refractivity contribution in [3.8, 4) is 12.3 Å². The normalized spacial score (nSPS) is 30.4. The van der Waals surface area contributed by atoms with Gasteiger partial charge in [-0.25, -0.2) is 0 Å². The Bertz CT molecular complexity index is 310. The van der Waals surface area contributed by atoms with Gasteiger partial charge in [0.25, 0.3) is 0 Å². The van der Waals surface area contributed by atoms with Gasteiger partial charge in [-0.15, -0.1) is 6.42 Å². The Labute approximate surface area is 103 Å². The molecule has 4 nitrogen and oxygen atoms in total. The first-order valence-electron chi connectivity index (χ1n) is 6.16. The fraction of sp³-hybridized carbons (Fsp3) is 0.769. The Morgan fingerprint density at radius 1 is 1.71 bits per heavy atom. The number of nitrogens with one attached hydrogen (secondary N) is 1. The SMILES string of the molecule is C#C[C@]1(O)CCCC[C@@H]1N[C@@H](C)C(=O)OCC. The van der Waals surface area contributed by atoms with Gasteiger partial charge in [0.15, 0.2) is 0 Å². The van der Waals surface area contributed by atoms with Gasteiger partial charge in [-0.1, -0.05) is 12.3 Å². The molecular formula is C13H21NO3. The predicted molar refractivity (Wildman–Crippen MR) is 65.3 cm³/mol. The van der Waals surface area contributed by atoms with E-state index in [1.54, 1.807) is 13.8 Å². The van der Waals surface area contributed by atoms with Crippen molar-refractivity contribution in [1.29, 1.82) is 0 Å². The summed E-state index contributed by atoms with van der Waals surface area (Å²) in [5.74, 6) is 2.14. The third kappa shape index (κ3) is 3.45. The standard InChI is InChI=1S/C13H21NO3/c1-4-13(16)9-7-6-8-11(13)14-10(3)12(15)17-5-2/h1,10-11,14,16H,5-9H2,2-3H3/t10-,11-,13-/m0/s1. The average molecular weight is 239 g/mol. The van der Waals surface area contributed by atoms with Crippen molar-refractivity contribution in [3.05, 3.63) is 0 Å². The Kier molecular flexibility index (Phi) is 4.98. The number of carbonyl (C=O) groups excluding carboxylic acids is 1. The van der Waals surface area contributed by atoms with Crippen LogP contribution in [0.4, 0.5) is 0 Å². The summed E-state index contributed by atoms with van der Waals surface area (Å²) in [7, 11) is 0. The molecule has 1 aliphatic rings. The molecule has 3 atom stereocenters. The minimum Gasteiger partial charge on any atom is -0.465 e. The molecule has 0 aromatic heterocycles.